The van der Waals surface area contributed by atoms with Crippen molar-refractivity contribution >= 4 is 52.1 Å². The van der Waals surface area contributed by atoms with E-state index in [-0.39, 0.29) is 24.0 Å². The topological polar surface area (TPSA) is 157 Å². The van der Waals surface area contributed by atoms with Gasteiger partial charge in [0.15, 0.2) is 0 Å². The highest BCUT2D eigenvalue weighted by molar-refractivity contribution is 6.23. The van der Waals surface area contributed by atoms with Crippen LogP contribution in [0.15, 0.2) is 54.9 Å². The molecule has 6 rings (SSSR count). The number of nitrogens with zero attached hydrogens (tertiary/aromatic N) is 3. The molecule has 4 N–H and O–H groups in total. The predicted octanol–water partition coefficient (Wildman–Crippen LogP) is 3.28. The van der Waals surface area contributed by atoms with Crippen LogP contribution in [0.5, 0.6) is 0 Å². The van der Waals surface area contributed by atoms with Crippen LogP contribution in [0, 0.1) is 11.3 Å². The molecule has 3 aromatic rings. The smallest absolute Gasteiger partial charge is 0.262 e. The van der Waals surface area contributed by atoms with Crippen molar-refractivity contribution in [2.75, 3.05) is 11.9 Å². The fourth-order valence-corrected chi connectivity index (χ4v) is 5.87. The molecule has 0 spiro atoms. The van der Waals surface area contributed by atoms with Gasteiger partial charge in [0.05, 0.1) is 34.1 Å². The second-order valence-electron chi connectivity index (χ2n) is 11.0. The zero-order chi connectivity index (χ0) is 29.2. The Balaban J connectivity index is 1.02. The molecule has 11 nitrogen and oxygen atoms in total. The SMILES string of the molecule is N=C/C(=C\NC1CCC(CNc2ccc3c(c2)C(=O)N(C2CCC(=O)NC2=O)C3=O)CC1)c1cnc2ccccc2n1. The quantitative estimate of drug-likeness (QED) is 0.239. The van der Waals surface area contributed by atoms with E-state index >= 15 is 0 Å². The van der Waals surface area contributed by atoms with Crippen molar-refractivity contribution in [3.8, 4) is 0 Å². The van der Waals surface area contributed by atoms with E-state index in [0.717, 1.165) is 53.8 Å². The Bertz CT molecular complexity index is 1630. The Morgan fingerprint density at radius 1 is 0.976 bits per heavy atom. The molecule has 214 valence electrons. The molecular formula is C31H31N7O4. The van der Waals surface area contributed by atoms with Gasteiger partial charge in [-0.2, -0.15) is 0 Å². The number of aromatic nitrogens is 2. The van der Waals surface area contributed by atoms with Gasteiger partial charge < -0.3 is 16.0 Å². The standard InChI is InChI=1S/C31H31N7O4/c32-14-19(26-17-35-24-3-1-2-4-25(24)36-26)16-34-20-7-5-18(6-8-20)15-33-21-9-10-22-23(13-21)31(42)38(30(22)41)27-11-12-28(39)37-29(27)40/h1-4,9-10,13-14,16-18,20,27,32-34H,5-8,11-12,15H2,(H,37,39,40)/b19-16+,32-14?. The first-order valence-electron chi connectivity index (χ1n) is 14.2. The van der Waals surface area contributed by atoms with E-state index in [2.05, 4.69) is 25.9 Å². The summed E-state index contributed by atoms with van der Waals surface area (Å²) in [5.41, 5.74) is 4.24. The maximum atomic E-state index is 13.1. The van der Waals surface area contributed by atoms with E-state index in [0.29, 0.717) is 23.2 Å². The van der Waals surface area contributed by atoms with Gasteiger partial charge in [-0.25, -0.2) is 4.98 Å². The Morgan fingerprint density at radius 2 is 1.74 bits per heavy atom. The zero-order valence-electron chi connectivity index (χ0n) is 22.9. The molecule has 11 heteroatoms. The van der Waals surface area contributed by atoms with E-state index in [9.17, 15) is 19.2 Å². The number of fused-ring (bicyclic) bond motifs is 2. The molecule has 2 aromatic carbocycles. The summed E-state index contributed by atoms with van der Waals surface area (Å²) in [6.07, 6.45) is 9.06. The van der Waals surface area contributed by atoms with Gasteiger partial charge in [0.25, 0.3) is 11.8 Å². The van der Waals surface area contributed by atoms with Crippen LogP contribution >= 0.6 is 0 Å². The van der Waals surface area contributed by atoms with Crippen LogP contribution < -0.4 is 16.0 Å². The fourth-order valence-electron chi connectivity index (χ4n) is 5.87. The van der Waals surface area contributed by atoms with Gasteiger partial charge in [-0.3, -0.25) is 34.4 Å². The molecule has 2 aliphatic heterocycles. The number of amides is 4. The number of anilines is 1. The van der Waals surface area contributed by atoms with Crippen molar-refractivity contribution in [3.63, 3.8) is 0 Å². The molecule has 1 saturated heterocycles. The summed E-state index contributed by atoms with van der Waals surface area (Å²) in [4.78, 5) is 59.9. The van der Waals surface area contributed by atoms with E-state index in [1.165, 1.54) is 6.21 Å². The highest BCUT2D eigenvalue weighted by atomic mass is 16.2. The second-order valence-corrected chi connectivity index (χ2v) is 11.0. The summed E-state index contributed by atoms with van der Waals surface area (Å²) >= 11 is 0. The lowest BCUT2D eigenvalue weighted by Crippen LogP contribution is -2.54. The van der Waals surface area contributed by atoms with Crippen LogP contribution in [0.2, 0.25) is 0 Å². The molecule has 42 heavy (non-hydrogen) atoms. The minimum atomic E-state index is -0.972. The largest absolute Gasteiger partial charge is 0.388 e. The third kappa shape index (κ3) is 5.37. The number of carbonyl (C=O) groups excluding carboxylic acids is 4. The predicted molar refractivity (Wildman–Crippen MR) is 157 cm³/mol. The van der Waals surface area contributed by atoms with Gasteiger partial charge in [-0.15, -0.1) is 0 Å². The molecule has 4 amide bonds. The number of hydrogen-bond acceptors (Lipinski definition) is 9. The Morgan fingerprint density at radius 3 is 2.50 bits per heavy atom. The number of benzene rings is 2. The minimum absolute atomic E-state index is 0.0909. The molecule has 0 radical (unpaired) electrons. The van der Waals surface area contributed by atoms with Gasteiger partial charge >= 0.3 is 0 Å². The number of hydrogen-bond donors (Lipinski definition) is 4. The molecule has 2 fully saturated rings. The Hall–Kier alpha value is -4.93. The number of carbonyl (C=O) groups is 4. The summed E-state index contributed by atoms with van der Waals surface area (Å²) < 4.78 is 0. The first kappa shape index (κ1) is 27.3. The molecule has 1 aliphatic carbocycles. The van der Waals surface area contributed by atoms with Gasteiger partial charge in [0.1, 0.15) is 6.04 Å². The van der Waals surface area contributed by atoms with Gasteiger partial charge in [-0.05, 0) is 68.4 Å². The molecule has 1 aromatic heterocycles. The molecule has 3 aliphatic rings. The molecule has 1 unspecified atom stereocenters. The fraction of sp³-hybridized carbons (Fsp3) is 0.323. The third-order valence-electron chi connectivity index (χ3n) is 8.26. The van der Waals surface area contributed by atoms with E-state index in [4.69, 9.17) is 5.41 Å². The Kier molecular flexibility index (Phi) is 7.47. The summed E-state index contributed by atoms with van der Waals surface area (Å²) in [5.74, 6) is -1.57. The second kappa shape index (κ2) is 11.5. The maximum Gasteiger partial charge on any atom is 0.262 e. The molecular weight excluding hydrogens is 534 g/mol. The summed E-state index contributed by atoms with van der Waals surface area (Å²) in [6.45, 7) is 0.735. The molecule has 1 atom stereocenters. The minimum Gasteiger partial charge on any atom is -0.388 e. The lowest BCUT2D eigenvalue weighted by molar-refractivity contribution is -0.136. The van der Waals surface area contributed by atoms with E-state index < -0.39 is 29.7 Å². The lowest BCUT2D eigenvalue weighted by Gasteiger charge is -2.29. The summed E-state index contributed by atoms with van der Waals surface area (Å²) in [6, 6.07) is 12.1. The van der Waals surface area contributed by atoms with Gasteiger partial charge in [0.2, 0.25) is 11.8 Å². The molecule has 3 heterocycles. The van der Waals surface area contributed by atoms with Crippen LogP contribution in [0.3, 0.4) is 0 Å². The first-order valence-corrected chi connectivity index (χ1v) is 14.2. The maximum absolute atomic E-state index is 13.1. The van der Waals surface area contributed by atoms with E-state index in [1.54, 1.807) is 24.4 Å². The number of para-hydroxylation sites is 2. The van der Waals surface area contributed by atoms with Crippen molar-refractivity contribution in [3.05, 3.63) is 71.7 Å². The lowest BCUT2D eigenvalue weighted by atomic mass is 9.86. The van der Waals surface area contributed by atoms with Crippen LogP contribution in [-0.4, -0.2) is 63.3 Å². The number of allylic oxidation sites excluding steroid dienone is 1. The highest BCUT2D eigenvalue weighted by Gasteiger charge is 2.44. The van der Waals surface area contributed by atoms with Crippen molar-refractivity contribution in [1.82, 2.24) is 25.5 Å². The van der Waals surface area contributed by atoms with Crippen molar-refractivity contribution in [1.29, 1.82) is 5.41 Å². The average molecular weight is 566 g/mol. The molecule has 1 saturated carbocycles. The van der Waals surface area contributed by atoms with Crippen LogP contribution in [0.1, 0.15) is 64.9 Å². The number of imide groups is 2. The molecule has 0 bridgehead atoms. The number of piperidine rings is 1. The summed E-state index contributed by atoms with van der Waals surface area (Å²) in [7, 11) is 0. The Labute approximate surface area is 242 Å². The monoisotopic (exact) mass is 565 g/mol. The third-order valence-corrected chi connectivity index (χ3v) is 8.26. The van der Waals surface area contributed by atoms with Crippen molar-refractivity contribution in [2.45, 2.75) is 50.6 Å². The average Bonchev–Trinajstić information content (AvgIpc) is 3.25. The number of rotatable bonds is 8. The van der Waals surface area contributed by atoms with E-state index in [1.807, 2.05) is 30.5 Å². The first-order chi connectivity index (χ1) is 20.4. The van der Waals surface area contributed by atoms with Gasteiger partial charge in [-0.1, -0.05) is 12.1 Å². The zero-order valence-corrected chi connectivity index (χ0v) is 22.9. The number of nitrogens with one attached hydrogen (secondary N) is 4. The van der Waals surface area contributed by atoms with Crippen molar-refractivity contribution in [2.24, 2.45) is 5.92 Å². The van der Waals surface area contributed by atoms with Gasteiger partial charge in [0, 0.05) is 42.7 Å². The van der Waals surface area contributed by atoms with Crippen LogP contribution in [-0.2, 0) is 9.59 Å². The highest BCUT2D eigenvalue weighted by Crippen LogP contribution is 2.30. The normalized spacial score (nSPS) is 22.6. The van der Waals surface area contributed by atoms with Crippen LogP contribution in [0.25, 0.3) is 16.6 Å². The summed E-state index contributed by atoms with van der Waals surface area (Å²) in [5, 5.41) is 17.0. The van der Waals surface area contributed by atoms with Crippen LogP contribution in [0.4, 0.5) is 5.69 Å². The van der Waals surface area contributed by atoms with Crippen molar-refractivity contribution < 1.29 is 19.2 Å².